The maximum Gasteiger partial charge on any atom is 0.165 e. The maximum atomic E-state index is 10.3. The molecular formula is C10H18N2O. The van der Waals surface area contributed by atoms with Crippen molar-refractivity contribution >= 4 is 6.29 Å². The van der Waals surface area contributed by atoms with E-state index in [-0.39, 0.29) is 11.1 Å². The normalized spacial score (nSPS) is 14.2. The second-order valence-corrected chi connectivity index (χ2v) is 3.90. The predicted octanol–water partition coefficient (Wildman–Crippen LogP) is 1.18. The Morgan fingerprint density at radius 2 is 1.92 bits per heavy atom. The highest BCUT2D eigenvalue weighted by atomic mass is 16.1. The standard InChI is InChI=1S/C10H18N2O/c1-10(2,3)8(6-12-4)5-9(11)7-13/h5-7,12H,11H2,1-4H3/b8-6+,9-5+. The summed E-state index contributed by atoms with van der Waals surface area (Å²) in [5.74, 6) is 0. The van der Waals surface area contributed by atoms with Crippen LogP contribution >= 0.6 is 0 Å². The van der Waals surface area contributed by atoms with E-state index >= 15 is 0 Å². The Morgan fingerprint density at radius 3 is 2.23 bits per heavy atom. The van der Waals surface area contributed by atoms with E-state index in [0.717, 1.165) is 5.57 Å². The molecule has 0 aliphatic heterocycles. The minimum atomic E-state index is -0.0172. The van der Waals surface area contributed by atoms with Gasteiger partial charge in [-0.15, -0.1) is 0 Å². The van der Waals surface area contributed by atoms with Crippen LogP contribution in [0.1, 0.15) is 20.8 Å². The van der Waals surface area contributed by atoms with Gasteiger partial charge < -0.3 is 11.1 Å². The van der Waals surface area contributed by atoms with Crippen molar-refractivity contribution in [3.05, 3.63) is 23.5 Å². The highest BCUT2D eigenvalue weighted by Crippen LogP contribution is 2.25. The van der Waals surface area contributed by atoms with Crippen LogP contribution in [0.25, 0.3) is 0 Å². The molecule has 74 valence electrons. The molecule has 0 saturated carbocycles. The summed E-state index contributed by atoms with van der Waals surface area (Å²) in [7, 11) is 1.82. The van der Waals surface area contributed by atoms with Crippen molar-refractivity contribution in [3.8, 4) is 0 Å². The van der Waals surface area contributed by atoms with Crippen molar-refractivity contribution in [2.45, 2.75) is 20.8 Å². The summed E-state index contributed by atoms with van der Waals surface area (Å²) in [4.78, 5) is 10.3. The van der Waals surface area contributed by atoms with E-state index in [1.165, 1.54) is 0 Å². The molecule has 0 spiro atoms. The van der Waals surface area contributed by atoms with E-state index in [1.807, 2.05) is 13.2 Å². The number of hydrogen-bond acceptors (Lipinski definition) is 3. The van der Waals surface area contributed by atoms with Gasteiger partial charge in [0.15, 0.2) is 6.29 Å². The van der Waals surface area contributed by atoms with E-state index in [1.54, 1.807) is 6.08 Å². The van der Waals surface area contributed by atoms with Gasteiger partial charge in [-0.2, -0.15) is 0 Å². The number of allylic oxidation sites excluding steroid dienone is 3. The van der Waals surface area contributed by atoms with Crippen LogP contribution in [0, 0.1) is 5.41 Å². The number of rotatable bonds is 3. The first-order valence-corrected chi connectivity index (χ1v) is 4.22. The molecule has 0 saturated heterocycles. The van der Waals surface area contributed by atoms with Gasteiger partial charge in [0.2, 0.25) is 0 Å². The maximum absolute atomic E-state index is 10.3. The molecule has 0 heterocycles. The summed E-state index contributed by atoms with van der Waals surface area (Å²) in [6, 6.07) is 0. The lowest BCUT2D eigenvalue weighted by atomic mass is 9.86. The fraction of sp³-hybridized carbons (Fsp3) is 0.500. The molecule has 13 heavy (non-hydrogen) atoms. The first kappa shape index (κ1) is 11.8. The summed E-state index contributed by atoms with van der Waals surface area (Å²) in [5, 5.41) is 2.93. The fourth-order valence-electron chi connectivity index (χ4n) is 0.844. The Bertz CT molecular complexity index is 234. The third-order valence-corrected chi connectivity index (χ3v) is 1.62. The van der Waals surface area contributed by atoms with Gasteiger partial charge in [-0.25, -0.2) is 0 Å². The molecule has 3 heteroatoms. The van der Waals surface area contributed by atoms with Crippen molar-refractivity contribution in [2.75, 3.05) is 7.05 Å². The summed E-state index contributed by atoms with van der Waals surface area (Å²) in [6.07, 6.45) is 4.18. The first-order chi connectivity index (χ1) is 5.91. The number of nitrogens with two attached hydrogens (primary N) is 1. The average molecular weight is 182 g/mol. The fourth-order valence-corrected chi connectivity index (χ4v) is 0.844. The zero-order valence-electron chi connectivity index (χ0n) is 8.72. The molecule has 0 aliphatic carbocycles. The van der Waals surface area contributed by atoms with Crippen molar-refractivity contribution in [2.24, 2.45) is 11.1 Å². The first-order valence-electron chi connectivity index (χ1n) is 4.22. The van der Waals surface area contributed by atoms with Gasteiger partial charge in [-0.3, -0.25) is 4.79 Å². The van der Waals surface area contributed by atoms with Gasteiger partial charge in [0.05, 0.1) is 5.70 Å². The lowest BCUT2D eigenvalue weighted by Gasteiger charge is -2.20. The second kappa shape index (κ2) is 4.70. The lowest BCUT2D eigenvalue weighted by molar-refractivity contribution is -0.104. The summed E-state index contributed by atoms with van der Waals surface area (Å²) < 4.78 is 0. The number of carbonyl (C=O) groups excluding carboxylic acids is 1. The lowest BCUT2D eigenvalue weighted by Crippen LogP contribution is -2.13. The van der Waals surface area contributed by atoms with Gasteiger partial charge in [0, 0.05) is 13.2 Å². The van der Waals surface area contributed by atoms with Crippen molar-refractivity contribution in [1.29, 1.82) is 0 Å². The van der Waals surface area contributed by atoms with Gasteiger partial charge >= 0.3 is 0 Å². The molecule has 3 nitrogen and oxygen atoms in total. The average Bonchev–Trinajstić information content (AvgIpc) is 2.01. The van der Waals surface area contributed by atoms with E-state index in [2.05, 4.69) is 26.1 Å². The van der Waals surface area contributed by atoms with Gasteiger partial charge in [-0.1, -0.05) is 20.8 Å². The molecule has 0 aromatic carbocycles. The monoisotopic (exact) mass is 182 g/mol. The van der Waals surface area contributed by atoms with Crippen LogP contribution in [0.4, 0.5) is 0 Å². The third kappa shape index (κ3) is 4.35. The van der Waals surface area contributed by atoms with E-state index in [9.17, 15) is 4.79 Å². The third-order valence-electron chi connectivity index (χ3n) is 1.62. The van der Waals surface area contributed by atoms with Crippen molar-refractivity contribution in [1.82, 2.24) is 5.32 Å². The Hall–Kier alpha value is -1.25. The predicted molar refractivity (Wildman–Crippen MR) is 54.9 cm³/mol. The molecule has 0 atom stereocenters. The zero-order valence-corrected chi connectivity index (χ0v) is 8.72. The molecule has 0 aromatic rings. The summed E-state index contributed by atoms with van der Waals surface area (Å²) in [5.41, 5.74) is 6.65. The van der Waals surface area contributed by atoms with Crippen LogP contribution in [0.5, 0.6) is 0 Å². The van der Waals surface area contributed by atoms with Crippen LogP contribution in [-0.2, 0) is 4.79 Å². The van der Waals surface area contributed by atoms with Gasteiger partial charge in [0.1, 0.15) is 0 Å². The van der Waals surface area contributed by atoms with Crippen molar-refractivity contribution in [3.63, 3.8) is 0 Å². The molecule has 3 N–H and O–H groups in total. The van der Waals surface area contributed by atoms with Crippen LogP contribution in [0.2, 0.25) is 0 Å². The number of hydrogen-bond donors (Lipinski definition) is 2. The molecule has 0 unspecified atom stereocenters. The molecule has 0 fully saturated rings. The Kier molecular flexibility index (Phi) is 4.25. The second-order valence-electron chi connectivity index (χ2n) is 3.90. The quantitative estimate of drug-likeness (QED) is 0.391. The Morgan fingerprint density at radius 1 is 1.38 bits per heavy atom. The highest BCUT2D eigenvalue weighted by Gasteiger charge is 2.14. The summed E-state index contributed by atoms with van der Waals surface area (Å²) >= 11 is 0. The number of aldehydes is 1. The van der Waals surface area contributed by atoms with E-state index in [0.29, 0.717) is 6.29 Å². The molecule has 0 aromatic heterocycles. The van der Waals surface area contributed by atoms with E-state index < -0.39 is 0 Å². The Balaban J connectivity index is 4.85. The summed E-state index contributed by atoms with van der Waals surface area (Å²) in [6.45, 7) is 6.18. The molecular weight excluding hydrogens is 164 g/mol. The van der Waals surface area contributed by atoms with Crippen molar-refractivity contribution < 1.29 is 4.79 Å². The van der Waals surface area contributed by atoms with Gasteiger partial charge in [0.25, 0.3) is 0 Å². The molecule has 0 amide bonds. The number of nitrogens with one attached hydrogen (secondary N) is 1. The number of carbonyl (C=O) groups is 1. The zero-order chi connectivity index (χ0) is 10.5. The van der Waals surface area contributed by atoms with Crippen LogP contribution in [0.15, 0.2) is 23.5 Å². The van der Waals surface area contributed by atoms with E-state index in [4.69, 9.17) is 5.73 Å². The smallest absolute Gasteiger partial charge is 0.165 e. The van der Waals surface area contributed by atoms with Crippen LogP contribution < -0.4 is 11.1 Å². The van der Waals surface area contributed by atoms with Gasteiger partial charge in [-0.05, 0) is 17.1 Å². The van der Waals surface area contributed by atoms with Crippen LogP contribution in [-0.4, -0.2) is 13.3 Å². The SMILES string of the molecule is CN/C=C(\C=C(\N)C=O)C(C)(C)C. The molecule has 0 rings (SSSR count). The minimum absolute atomic E-state index is 0.0172. The molecule has 0 bridgehead atoms. The molecule has 0 aliphatic rings. The minimum Gasteiger partial charge on any atom is -0.396 e. The molecule has 0 radical (unpaired) electrons. The highest BCUT2D eigenvalue weighted by molar-refractivity contribution is 5.72. The Labute approximate surface area is 79.7 Å². The topological polar surface area (TPSA) is 55.1 Å². The largest absolute Gasteiger partial charge is 0.396 e. The van der Waals surface area contributed by atoms with Crippen LogP contribution in [0.3, 0.4) is 0 Å².